The van der Waals surface area contributed by atoms with Gasteiger partial charge in [0.25, 0.3) is 0 Å². The first-order chi connectivity index (χ1) is 11.1. The van der Waals surface area contributed by atoms with E-state index in [2.05, 4.69) is 0 Å². The van der Waals surface area contributed by atoms with E-state index in [9.17, 15) is 19.2 Å². The van der Waals surface area contributed by atoms with E-state index in [1.54, 1.807) is 0 Å². The molecule has 0 aromatic carbocycles. The van der Waals surface area contributed by atoms with Gasteiger partial charge >= 0.3 is 0 Å². The van der Waals surface area contributed by atoms with Crippen molar-refractivity contribution in [2.24, 2.45) is 21.7 Å². The monoisotopic (exact) mass is 418 g/mol. The van der Waals surface area contributed by atoms with Crippen LogP contribution in [-0.4, -0.2) is 42.3 Å². The van der Waals surface area contributed by atoms with Crippen LogP contribution in [0.25, 0.3) is 0 Å². The first-order valence-electron chi connectivity index (χ1n) is 9.05. The quantitative estimate of drug-likeness (QED) is 0.273. The van der Waals surface area contributed by atoms with Crippen LogP contribution in [-0.2, 0) is 21.7 Å². The first-order valence-corrected chi connectivity index (χ1v) is 9.05. The van der Waals surface area contributed by atoms with Gasteiger partial charge in [-0.1, -0.05) is 83.1 Å². The zero-order valence-corrected chi connectivity index (χ0v) is 21.0. The molecule has 0 radical (unpaired) electrons. The standard InChI is InChI=1S/2C11H19O2.Ti/c2*1-10(2,3)8(12)7-9(13)11(4,5)6;/h2*7H,1-6H3;/q2*-1;/p+4. The summed E-state index contributed by atoms with van der Waals surface area (Å²) < 4.78 is 0. The summed E-state index contributed by atoms with van der Waals surface area (Å²) in [6.07, 6.45) is 2.89. The number of hydrogen-bond acceptors (Lipinski definition) is 0. The molecular formula is C22H42O4Ti+2. The third-order valence-corrected chi connectivity index (χ3v) is 3.62. The minimum Gasteiger partial charge on any atom is -0.315 e. The summed E-state index contributed by atoms with van der Waals surface area (Å²) in [6.45, 7) is 22.8. The molecule has 0 fully saturated rings. The summed E-state index contributed by atoms with van der Waals surface area (Å²) in [4.78, 5) is 38.4. The maximum Gasteiger partial charge on any atom is 0.184 e. The molecular weight excluding hydrogens is 376 g/mol. The molecule has 5 heteroatoms. The predicted molar refractivity (Wildman–Crippen MR) is 114 cm³/mol. The fourth-order valence-corrected chi connectivity index (χ4v) is 1.13. The Kier molecular flexibility index (Phi) is 12.1. The molecule has 0 aliphatic rings. The zero-order chi connectivity index (χ0) is 21.7. The molecule has 0 amide bonds. The number of hydrogen-bond donors (Lipinski definition) is 0. The molecule has 4 nitrogen and oxygen atoms in total. The fraction of sp³-hybridized carbons (Fsp3) is 0.727. The van der Waals surface area contributed by atoms with Crippen molar-refractivity contribution in [1.29, 1.82) is 0 Å². The minimum atomic E-state index is -0.306. The predicted octanol–water partition coefficient (Wildman–Crippen LogP) is 4.74. The Hall–Kier alpha value is -0.866. The van der Waals surface area contributed by atoms with E-state index in [4.69, 9.17) is 0 Å². The SMILES string of the molecule is CC(C)(C)C(=[OH+])[CH-]C(=[OH+])C(C)(C)C.CC(C)(C)C(=[OH+])[CH-]C(=[OH+])C(C)(C)C.[Ti]. The van der Waals surface area contributed by atoms with Crippen LogP contribution in [0.3, 0.4) is 0 Å². The Morgan fingerprint density at radius 1 is 0.407 bits per heavy atom. The van der Waals surface area contributed by atoms with Crippen molar-refractivity contribution in [3.05, 3.63) is 12.8 Å². The van der Waals surface area contributed by atoms with Gasteiger partial charge in [-0.3, -0.25) is 0 Å². The molecule has 0 saturated carbocycles. The van der Waals surface area contributed by atoms with Crippen LogP contribution < -0.4 is 0 Å². The molecule has 0 unspecified atom stereocenters. The molecule has 0 spiro atoms. The van der Waals surface area contributed by atoms with Crippen molar-refractivity contribution in [2.75, 3.05) is 0 Å². The molecule has 0 aliphatic heterocycles. The van der Waals surface area contributed by atoms with Gasteiger partial charge in [-0.25, -0.2) is 0 Å². The van der Waals surface area contributed by atoms with Gasteiger partial charge in [-0.2, -0.15) is 12.8 Å². The second kappa shape index (κ2) is 10.6. The smallest absolute Gasteiger partial charge is 0.184 e. The Morgan fingerprint density at radius 2 is 0.519 bits per heavy atom. The molecule has 0 atom stereocenters. The molecule has 0 aromatic heterocycles. The molecule has 0 saturated heterocycles. The normalized spacial score (nSPS) is 12.0. The molecule has 0 aliphatic carbocycles. The van der Waals surface area contributed by atoms with E-state index in [-0.39, 0.29) is 66.5 Å². The fourth-order valence-electron chi connectivity index (χ4n) is 1.13. The van der Waals surface area contributed by atoms with E-state index < -0.39 is 0 Å². The zero-order valence-electron chi connectivity index (χ0n) is 19.4. The van der Waals surface area contributed by atoms with Crippen LogP contribution in [0.2, 0.25) is 0 Å². The third kappa shape index (κ3) is 13.9. The van der Waals surface area contributed by atoms with Gasteiger partial charge in [-0.15, -0.1) is 0 Å². The largest absolute Gasteiger partial charge is 0.315 e. The van der Waals surface area contributed by atoms with Crippen LogP contribution >= 0.6 is 0 Å². The second-order valence-electron chi connectivity index (χ2n) is 10.8. The van der Waals surface area contributed by atoms with Gasteiger partial charge < -0.3 is 19.2 Å². The van der Waals surface area contributed by atoms with Gasteiger partial charge in [0.15, 0.2) is 23.1 Å². The Balaban J connectivity index is -0.000000411. The average molecular weight is 418 g/mol. The van der Waals surface area contributed by atoms with Gasteiger partial charge in [0, 0.05) is 43.4 Å². The van der Waals surface area contributed by atoms with Gasteiger partial charge in [0.2, 0.25) is 0 Å². The van der Waals surface area contributed by atoms with E-state index in [0.29, 0.717) is 0 Å². The molecule has 0 rings (SSSR count). The maximum atomic E-state index is 9.60. The Labute approximate surface area is 181 Å². The van der Waals surface area contributed by atoms with Crippen LogP contribution in [0.4, 0.5) is 0 Å². The number of rotatable bonds is 4. The summed E-state index contributed by atoms with van der Waals surface area (Å²) in [6, 6.07) is 0. The van der Waals surface area contributed by atoms with E-state index >= 15 is 0 Å². The molecule has 0 aromatic rings. The summed E-state index contributed by atoms with van der Waals surface area (Å²) in [7, 11) is 0. The molecule has 156 valence electrons. The van der Waals surface area contributed by atoms with Crippen LogP contribution in [0, 0.1) is 34.5 Å². The summed E-state index contributed by atoms with van der Waals surface area (Å²) in [5, 5.41) is 0. The van der Waals surface area contributed by atoms with Crippen molar-refractivity contribution in [2.45, 2.75) is 83.1 Å². The van der Waals surface area contributed by atoms with Crippen molar-refractivity contribution in [3.63, 3.8) is 0 Å². The average Bonchev–Trinajstić information content (AvgIpc) is 2.34. The van der Waals surface area contributed by atoms with Gasteiger partial charge in [0.05, 0.1) is 0 Å². The molecule has 4 N–H and O–H groups in total. The third-order valence-electron chi connectivity index (χ3n) is 3.62. The number of ketones is 4. The summed E-state index contributed by atoms with van der Waals surface area (Å²) in [5.74, 6) is 0.833. The van der Waals surface area contributed by atoms with E-state index in [1.165, 1.54) is 12.8 Å². The van der Waals surface area contributed by atoms with Crippen LogP contribution in [0.15, 0.2) is 0 Å². The topological polar surface area (TPSA) is 85.6 Å². The summed E-state index contributed by atoms with van der Waals surface area (Å²) >= 11 is 0. The Bertz CT molecular complexity index is 435. The Morgan fingerprint density at radius 3 is 0.593 bits per heavy atom. The van der Waals surface area contributed by atoms with Crippen molar-refractivity contribution in [3.8, 4) is 0 Å². The molecule has 0 heterocycles. The van der Waals surface area contributed by atoms with Gasteiger partial charge in [0.1, 0.15) is 0 Å². The van der Waals surface area contributed by atoms with E-state index in [1.807, 2.05) is 83.1 Å². The van der Waals surface area contributed by atoms with Crippen LogP contribution in [0.1, 0.15) is 83.1 Å². The maximum absolute atomic E-state index is 9.60. The molecule has 27 heavy (non-hydrogen) atoms. The minimum absolute atomic E-state index is 0. The molecule has 0 bridgehead atoms. The van der Waals surface area contributed by atoms with Crippen molar-refractivity contribution in [1.82, 2.24) is 0 Å². The van der Waals surface area contributed by atoms with Crippen LogP contribution in [0.5, 0.6) is 0 Å². The van der Waals surface area contributed by atoms with Crippen molar-refractivity contribution >= 4 is 23.1 Å². The summed E-state index contributed by atoms with van der Waals surface area (Å²) in [5.41, 5.74) is -1.23. The second-order valence-corrected chi connectivity index (χ2v) is 10.8. The van der Waals surface area contributed by atoms with Gasteiger partial charge in [-0.05, 0) is 0 Å². The van der Waals surface area contributed by atoms with Crippen molar-refractivity contribution < 1.29 is 40.9 Å². The van der Waals surface area contributed by atoms with E-state index in [0.717, 1.165) is 0 Å². The number of carbonyl (C=O) groups excluding carboxylic acids is 4. The first kappa shape index (κ1) is 30.8.